The summed E-state index contributed by atoms with van der Waals surface area (Å²) in [5.41, 5.74) is 1.86. The van der Waals surface area contributed by atoms with Crippen LogP contribution in [0.3, 0.4) is 0 Å². The minimum Gasteiger partial charge on any atom is -0.466 e. The van der Waals surface area contributed by atoms with Gasteiger partial charge in [0.05, 0.1) is 12.7 Å². The fourth-order valence-corrected chi connectivity index (χ4v) is 2.16. The molecular formula is C15H16N2O4. The van der Waals surface area contributed by atoms with Gasteiger partial charge in [-0.05, 0) is 13.8 Å². The van der Waals surface area contributed by atoms with E-state index in [1.807, 2.05) is 6.92 Å². The van der Waals surface area contributed by atoms with Crippen LogP contribution in [0.1, 0.15) is 22.8 Å². The zero-order valence-corrected chi connectivity index (χ0v) is 12.0. The summed E-state index contributed by atoms with van der Waals surface area (Å²) in [6, 6.07) is 5.35. The third kappa shape index (κ3) is 2.94. The number of hydrogen-bond acceptors (Lipinski definition) is 4. The standard InChI is InChI=1S/C15H16N2O4/c1-8-4-6-10(7-5-8)13(18)12-11(14(19)21-3)9(2)16-15(20)17-12/h4-7,12H,1-3H3,(H2,16,17,20)/t12-/m1/s1. The number of allylic oxidation sites excluding steroid dienone is 1. The Morgan fingerprint density at radius 2 is 1.76 bits per heavy atom. The molecule has 21 heavy (non-hydrogen) atoms. The second-order valence-corrected chi connectivity index (χ2v) is 4.79. The lowest BCUT2D eigenvalue weighted by Gasteiger charge is -2.26. The van der Waals surface area contributed by atoms with Crippen LogP contribution in [0.5, 0.6) is 0 Å². The highest BCUT2D eigenvalue weighted by Gasteiger charge is 2.35. The molecule has 0 spiro atoms. The van der Waals surface area contributed by atoms with E-state index in [4.69, 9.17) is 4.74 Å². The number of carbonyl (C=O) groups is 3. The quantitative estimate of drug-likeness (QED) is 0.648. The molecule has 2 amide bonds. The maximum absolute atomic E-state index is 12.5. The summed E-state index contributed by atoms with van der Waals surface area (Å²) in [5, 5.41) is 4.93. The number of Topliss-reactive ketones (excluding diaryl/α,β-unsaturated/α-hetero) is 1. The molecule has 0 bridgehead atoms. The van der Waals surface area contributed by atoms with E-state index in [1.165, 1.54) is 7.11 Å². The smallest absolute Gasteiger partial charge is 0.338 e. The van der Waals surface area contributed by atoms with Crippen LogP contribution < -0.4 is 10.6 Å². The lowest BCUT2D eigenvalue weighted by molar-refractivity contribution is -0.136. The normalized spacial score (nSPS) is 17.9. The highest BCUT2D eigenvalue weighted by molar-refractivity contribution is 6.10. The van der Waals surface area contributed by atoms with E-state index in [0.717, 1.165) is 5.56 Å². The average molecular weight is 288 g/mol. The molecule has 0 fully saturated rings. The monoisotopic (exact) mass is 288 g/mol. The van der Waals surface area contributed by atoms with Crippen molar-refractivity contribution in [2.75, 3.05) is 7.11 Å². The van der Waals surface area contributed by atoms with E-state index in [2.05, 4.69) is 10.6 Å². The Labute approximate surface area is 122 Å². The fraction of sp³-hybridized carbons (Fsp3) is 0.267. The number of ketones is 1. The summed E-state index contributed by atoms with van der Waals surface area (Å²) in [6.45, 7) is 3.46. The lowest BCUT2D eigenvalue weighted by Crippen LogP contribution is -2.53. The second kappa shape index (κ2) is 5.78. The van der Waals surface area contributed by atoms with Gasteiger partial charge in [0.1, 0.15) is 6.04 Å². The van der Waals surface area contributed by atoms with Crippen molar-refractivity contribution in [1.82, 2.24) is 10.6 Å². The van der Waals surface area contributed by atoms with E-state index in [-0.39, 0.29) is 11.4 Å². The first kappa shape index (κ1) is 14.8. The molecule has 1 aromatic rings. The third-order valence-corrected chi connectivity index (χ3v) is 3.27. The number of esters is 1. The summed E-state index contributed by atoms with van der Waals surface area (Å²) < 4.78 is 4.69. The van der Waals surface area contributed by atoms with Crippen molar-refractivity contribution in [2.45, 2.75) is 19.9 Å². The van der Waals surface area contributed by atoms with Crippen LogP contribution in [-0.2, 0) is 9.53 Å². The van der Waals surface area contributed by atoms with Gasteiger partial charge in [-0.25, -0.2) is 9.59 Å². The number of methoxy groups -OCH3 is 1. The van der Waals surface area contributed by atoms with Crippen molar-refractivity contribution in [3.8, 4) is 0 Å². The SMILES string of the molecule is COC(=O)C1=C(C)NC(=O)N[C@H]1C(=O)c1ccc(C)cc1. The molecule has 0 saturated heterocycles. The minimum atomic E-state index is -1.05. The summed E-state index contributed by atoms with van der Waals surface area (Å²) in [7, 11) is 1.23. The van der Waals surface area contributed by atoms with Crippen LogP contribution in [0, 0.1) is 6.92 Å². The molecule has 0 radical (unpaired) electrons. The predicted octanol–water partition coefficient (Wildman–Crippen LogP) is 1.31. The van der Waals surface area contributed by atoms with Gasteiger partial charge in [0.2, 0.25) is 0 Å². The van der Waals surface area contributed by atoms with Crippen molar-refractivity contribution in [3.63, 3.8) is 0 Å². The summed E-state index contributed by atoms with van der Waals surface area (Å²) in [4.78, 5) is 36.0. The van der Waals surface area contributed by atoms with Crippen LogP contribution in [0.25, 0.3) is 0 Å². The van der Waals surface area contributed by atoms with Crippen molar-refractivity contribution < 1.29 is 19.1 Å². The first-order chi connectivity index (χ1) is 9.93. The molecule has 2 N–H and O–H groups in total. The van der Waals surface area contributed by atoms with E-state index in [0.29, 0.717) is 11.3 Å². The largest absolute Gasteiger partial charge is 0.466 e. The molecule has 1 heterocycles. The van der Waals surface area contributed by atoms with Gasteiger partial charge in [0, 0.05) is 11.3 Å². The van der Waals surface area contributed by atoms with Crippen molar-refractivity contribution in [2.24, 2.45) is 0 Å². The number of hydrogen-bond donors (Lipinski definition) is 2. The molecule has 1 aromatic carbocycles. The van der Waals surface area contributed by atoms with E-state index < -0.39 is 18.0 Å². The molecule has 6 heteroatoms. The molecule has 0 aromatic heterocycles. The summed E-state index contributed by atoms with van der Waals surface area (Å²) in [5.74, 6) is -1.00. The highest BCUT2D eigenvalue weighted by atomic mass is 16.5. The second-order valence-electron chi connectivity index (χ2n) is 4.79. The minimum absolute atomic E-state index is 0.114. The number of ether oxygens (including phenoxy) is 1. The Morgan fingerprint density at radius 1 is 1.14 bits per heavy atom. The molecule has 1 atom stereocenters. The number of nitrogens with one attached hydrogen (secondary N) is 2. The predicted molar refractivity (Wildman–Crippen MR) is 75.7 cm³/mol. The third-order valence-electron chi connectivity index (χ3n) is 3.27. The summed E-state index contributed by atoms with van der Waals surface area (Å²) in [6.07, 6.45) is 0. The van der Waals surface area contributed by atoms with Gasteiger partial charge in [-0.15, -0.1) is 0 Å². The van der Waals surface area contributed by atoms with Gasteiger partial charge in [-0.3, -0.25) is 4.79 Å². The van der Waals surface area contributed by atoms with Crippen LogP contribution in [0.2, 0.25) is 0 Å². The number of amides is 2. The van der Waals surface area contributed by atoms with E-state index in [9.17, 15) is 14.4 Å². The summed E-state index contributed by atoms with van der Waals surface area (Å²) >= 11 is 0. The van der Waals surface area contributed by atoms with Gasteiger partial charge in [0.25, 0.3) is 0 Å². The lowest BCUT2D eigenvalue weighted by atomic mass is 9.94. The van der Waals surface area contributed by atoms with Gasteiger partial charge in [-0.1, -0.05) is 29.8 Å². The topological polar surface area (TPSA) is 84.5 Å². The molecule has 0 unspecified atom stereocenters. The number of aryl methyl sites for hydroxylation is 1. The fourth-order valence-electron chi connectivity index (χ4n) is 2.16. The molecule has 2 rings (SSSR count). The maximum Gasteiger partial charge on any atom is 0.338 e. The molecule has 0 aliphatic carbocycles. The van der Waals surface area contributed by atoms with Gasteiger partial charge in [-0.2, -0.15) is 0 Å². The number of carbonyl (C=O) groups excluding carboxylic acids is 3. The van der Waals surface area contributed by atoms with Crippen LogP contribution in [-0.4, -0.2) is 30.9 Å². The van der Waals surface area contributed by atoms with Gasteiger partial charge >= 0.3 is 12.0 Å². The number of rotatable bonds is 3. The van der Waals surface area contributed by atoms with E-state index in [1.54, 1.807) is 31.2 Å². The van der Waals surface area contributed by atoms with Crippen molar-refractivity contribution in [1.29, 1.82) is 0 Å². The highest BCUT2D eigenvalue weighted by Crippen LogP contribution is 2.18. The molecule has 0 saturated carbocycles. The maximum atomic E-state index is 12.5. The van der Waals surface area contributed by atoms with Crippen LogP contribution in [0.4, 0.5) is 4.79 Å². The Morgan fingerprint density at radius 3 is 2.33 bits per heavy atom. The molecular weight excluding hydrogens is 272 g/mol. The zero-order valence-electron chi connectivity index (χ0n) is 12.0. The Kier molecular flexibility index (Phi) is 4.07. The Hall–Kier alpha value is -2.63. The van der Waals surface area contributed by atoms with Gasteiger partial charge < -0.3 is 15.4 Å². The average Bonchev–Trinajstić information content (AvgIpc) is 2.45. The van der Waals surface area contributed by atoms with Crippen molar-refractivity contribution >= 4 is 17.8 Å². The number of urea groups is 1. The zero-order chi connectivity index (χ0) is 15.6. The molecule has 110 valence electrons. The first-order valence-corrected chi connectivity index (χ1v) is 6.41. The van der Waals surface area contributed by atoms with Crippen molar-refractivity contribution in [3.05, 3.63) is 46.7 Å². The Bertz CT molecular complexity index is 632. The van der Waals surface area contributed by atoms with E-state index >= 15 is 0 Å². The molecule has 1 aliphatic rings. The molecule has 6 nitrogen and oxygen atoms in total. The number of benzene rings is 1. The molecule has 1 aliphatic heterocycles. The first-order valence-electron chi connectivity index (χ1n) is 6.41. The van der Waals surface area contributed by atoms with Crippen LogP contribution in [0.15, 0.2) is 35.5 Å². The van der Waals surface area contributed by atoms with Gasteiger partial charge in [0.15, 0.2) is 5.78 Å². The Balaban J connectivity index is 2.41. The van der Waals surface area contributed by atoms with Crippen LogP contribution >= 0.6 is 0 Å².